The van der Waals surface area contributed by atoms with Crippen molar-refractivity contribution < 1.29 is 5.21 Å². The molecule has 4 nitrogen and oxygen atoms in total. The van der Waals surface area contributed by atoms with Gasteiger partial charge in [0.1, 0.15) is 0 Å². The van der Waals surface area contributed by atoms with Crippen LogP contribution in [0.3, 0.4) is 0 Å². The van der Waals surface area contributed by atoms with Crippen LogP contribution >= 0.6 is 0 Å². The van der Waals surface area contributed by atoms with Gasteiger partial charge in [-0.2, -0.15) is 10.6 Å². The lowest BCUT2D eigenvalue weighted by Crippen LogP contribution is -2.14. The van der Waals surface area contributed by atoms with E-state index in [2.05, 4.69) is 15.7 Å². The van der Waals surface area contributed by atoms with Crippen LogP contribution in [0.5, 0.6) is 0 Å². The van der Waals surface area contributed by atoms with Crippen LogP contribution in [0.2, 0.25) is 0 Å². The summed E-state index contributed by atoms with van der Waals surface area (Å²) in [5.74, 6) is 0. The molecule has 0 saturated heterocycles. The molecule has 0 bridgehead atoms. The van der Waals surface area contributed by atoms with Gasteiger partial charge in [0.2, 0.25) is 0 Å². The van der Waals surface area contributed by atoms with Crippen LogP contribution in [0.15, 0.2) is 0 Å². The van der Waals surface area contributed by atoms with Crippen molar-refractivity contribution in [2.24, 2.45) is 0 Å². The molecule has 3 N–H and O–H groups in total. The van der Waals surface area contributed by atoms with Gasteiger partial charge in [0.25, 0.3) is 0 Å². The third-order valence-corrected chi connectivity index (χ3v) is 2.27. The molecule has 0 aromatic carbocycles. The molecule has 0 saturated carbocycles. The quantitative estimate of drug-likeness (QED) is 0.520. The first-order valence-corrected chi connectivity index (χ1v) is 3.76. The minimum absolute atomic E-state index is 0.0370. The van der Waals surface area contributed by atoms with E-state index < -0.39 is 0 Å². The SMILES string of the molecule is Cc1[nH]nc2c1CCC2NO. The predicted molar refractivity (Wildman–Crippen MR) is 39.3 cm³/mol. The number of hydrogen-bond acceptors (Lipinski definition) is 3. The monoisotopic (exact) mass is 153 g/mol. The zero-order valence-electron chi connectivity index (χ0n) is 6.39. The molecule has 1 heterocycles. The summed E-state index contributed by atoms with van der Waals surface area (Å²) in [6, 6.07) is 0.0370. The number of hydrogen-bond donors (Lipinski definition) is 3. The van der Waals surface area contributed by atoms with Gasteiger partial charge in [-0.25, -0.2) is 0 Å². The minimum atomic E-state index is 0.0370. The molecule has 4 heteroatoms. The number of fused-ring (bicyclic) bond motifs is 1. The molecule has 1 unspecified atom stereocenters. The Morgan fingerprint density at radius 2 is 2.55 bits per heavy atom. The fourth-order valence-corrected chi connectivity index (χ4v) is 1.63. The molecule has 11 heavy (non-hydrogen) atoms. The van der Waals surface area contributed by atoms with Crippen molar-refractivity contribution in [3.8, 4) is 0 Å². The number of aromatic nitrogens is 2. The van der Waals surface area contributed by atoms with E-state index in [-0.39, 0.29) is 6.04 Å². The van der Waals surface area contributed by atoms with E-state index in [9.17, 15) is 0 Å². The summed E-state index contributed by atoms with van der Waals surface area (Å²) in [7, 11) is 0. The van der Waals surface area contributed by atoms with Crippen molar-refractivity contribution in [3.05, 3.63) is 17.0 Å². The van der Waals surface area contributed by atoms with Crippen LogP contribution in [0, 0.1) is 6.92 Å². The molecule has 1 aromatic rings. The molecule has 1 aromatic heterocycles. The maximum atomic E-state index is 8.72. The lowest BCUT2D eigenvalue weighted by Gasteiger charge is -2.02. The minimum Gasteiger partial charge on any atom is -0.316 e. The van der Waals surface area contributed by atoms with Crippen LogP contribution < -0.4 is 5.48 Å². The Hall–Kier alpha value is -0.870. The molecule has 1 aliphatic rings. The van der Waals surface area contributed by atoms with Crippen molar-refractivity contribution >= 4 is 0 Å². The van der Waals surface area contributed by atoms with Crippen molar-refractivity contribution in [2.45, 2.75) is 25.8 Å². The first-order chi connectivity index (χ1) is 5.33. The van der Waals surface area contributed by atoms with Crippen LogP contribution in [0.25, 0.3) is 0 Å². The Labute approximate surface area is 64.6 Å². The van der Waals surface area contributed by atoms with E-state index >= 15 is 0 Å². The lowest BCUT2D eigenvalue weighted by atomic mass is 10.2. The molecule has 0 radical (unpaired) electrons. The smallest absolute Gasteiger partial charge is 0.0849 e. The van der Waals surface area contributed by atoms with E-state index in [0.717, 1.165) is 24.2 Å². The molecule has 1 atom stereocenters. The fourth-order valence-electron chi connectivity index (χ4n) is 1.63. The molecular weight excluding hydrogens is 142 g/mol. The second-order valence-corrected chi connectivity index (χ2v) is 2.93. The maximum Gasteiger partial charge on any atom is 0.0849 e. The van der Waals surface area contributed by atoms with Gasteiger partial charge in [0.15, 0.2) is 0 Å². The first-order valence-electron chi connectivity index (χ1n) is 3.76. The van der Waals surface area contributed by atoms with E-state index in [4.69, 9.17) is 5.21 Å². The summed E-state index contributed by atoms with van der Waals surface area (Å²) in [4.78, 5) is 0. The number of aromatic amines is 1. The average Bonchev–Trinajstić information content (AvgIpc) is 2.53. The fraction of sp³-hybridized carbons (Fsp3) is 0.571. The second-order valence-electron chi connectivity index (χ2n) is 2.93. The number of nitrogens with zero attached hydrogens (tertiary/aromatic N) is 1. The van der Waals surface area contributed by atoms with E-state index in [1.807, 2.05) is 6.92 Å². The van der Waals surface area contributed by atoms with Crippen molar-refractivity contribution in [2.75, 3.05) is 0 Å². The number of hydroxylamine groups is 1. The molecule has 0 amide bonds. The van der Waals surface area contributed by atoms with Crippen molar-refractivity contribution in [3.63, 3.8) is 0 Å². The highest BCUT2D eigenvalue weighted by Crippen LogP contribution is 2.30. The van der Waals surface area contributed by atoms with Crippen molar-refractivity contribution in [1.82, 2.24) is 15.7 Å². The van der Waals surface area contributed by atoms with Gasteiger partial charge in [0.05, 0.1) is 11.7 Å². The topological polar surface area (TPSA) is 60.9 Å². The maximum absolute atomic E-state index is 8.72. The van der Waals surface area contributed by atoms with Crippen molar-refractivity contribution in [1.29, 1.82) is 0 Å². The largest absolute Gasteiger partial charge is 0.316 e. The number of rotatable bonds is 1. The third kappa shape index (κ3) is 0.868. The highest BCUT2D eigenvalue weighted by molar-refractivity contribution is 5.31. The van der Waals surface area contributed by atoms with Crippen LogP contribution in [-0.2, 0) is 6.42 Å². The summed E-state index contributed by atoms with van der Waals surface area (Å²) >= 11 is 0. The number of nitrogens with one attached hydrogen (secondary N) is 2. The number of aryl methyl sites for hydroxylation is 1. The normalized spacial score (nSPS) is 22.2. The average molecular weight is 153 g/mol. The van der Waals surface area contributed by atoms with Crippen LogP contribution in [-0.4, -0.2) is 15.4 Å². The van der Waals surface area contributed by atoms with Crippen LogP contribution in [0.1, 0.15) is 29.4 Å². The van der Waals surface area contributed by atoms with E-state index in [0.29, 0.717) is 0 Å². The van der Waals surface area contributed by atoms with Gasteiger partial charge in [-0.1, -0.05) is 0 Å². The van der Waals surface area contributed by atoms with Gasteiger partial charge in [-0.3, -0.25) is 5.10 Å². The summed E-state index contributed by atoms with van der Waals surface area (Å²) in [5.41, 5.74) is 5.61. The summed E-state index contributed by atoms with van der Waals surface area (Å²) in [6.07, 6.45) is 1.96. The highest BCUT2D eigenvalue weighted by atomic mass is 16.5. The Bertz CT molecular complexity index is 269. The Kier molecular flexibility index (Phi) is 1.44. The predicted octanol–water partition coefficient (Wildman–Crippen LogP) is 0.684. The highest BCUT2D eigenvalue weighted by Gasteiger charge is 2.25. The molecule has 0 spiro atoms. The third-order valence-electron chi connectivity index (χ3n) is 2.27. The van der Waals surface area contributed by atoms with E-state index in [1.54, 1.807) is 0 Å². The van der Waals surface area contributed by atoms with Gasteiger partial charge >= 0.3 is 0 Å². The standard InChI is InChI=1S/C7H11N3O/c1-4-5-2-3-6(10-11)7(5)9-8-4/h6,10-11H,2-3H2,1H3,(H,8,9). The van der Waals surface area contributed by atoms with Crippen LogP contribution in [0.4, 0.5) is 0 Å². The zero-order valence-corrected chi connectivity index (χ0v) is 6.39. The Morgan fingerprint density at radius 1 is 1.73 bits per heavy atom. The second kappa shape index (κ2) is 2.32. The summed E-state index contributed by atoms with van der Waals surface area (Å²) < 4.78 is 0. The summed E-state index contributed by atoms with van der Waals surface area (Å²) in [5, 5.41) is 15.7. The molecule has 60 valence electrons. The van der Waals surface area contributed by atoms with Gasteiger partial charge in [-0.15, -0.1) is 0 Å². The Morgan fingerprint density at radius 3 is 3.27 bits per heavy atom. The molecular formula is C7H11N3O. The molecule has 1 aliphatic carbocycles. The lowest BCUT2D eigenvalue weighted by molar-refractivity contribution is 0.124. The van der Waals surface area contributed by atoms with Gasteiger partial charge in [-0.05, 0) is 25.3 Å². The molecule has 0 fully saturated rings. The van der Waals surface area contributed by atoms with Gasteiger partial charge < -0.3 is 5.21 Å². The summed E-state index contributed by atoms with van der Waals surface area (Å²) in [6.45, 7) is 2.01. The number of H-pyrrole nitrogens is 1. The zero-order chi connectivity index (χ0) is 7.84. The van der Waals surface area contributed by atoms with Gasteiger partial charge in [0, 0.05) is 5.69 Å². The first kappa shape index (κ1) is 6.82. The van der Waals surface area contributed by atoms with E-state index in [1.165, 1.54) is 5.56 Å². The molecule has 0 aliphatic heterocycles. The Balaban J connectivity index is 2.40. The molecule has 2 rings (SSSR count).